The Morgan fingerprint density at radius 1 is 1.39 bits per heavy atom. The van der Waals surface area contributed by atoms with E-state index in [2.05, 4.69) is 21.3 Å². The number of ether oxygens (including phenoxy) is 1. The molecule has 18 heavy (non-hydrogen) atoms. The summed E-state index contributed by atoms with van der Waals surface area (Å²) in [4.78, 5) is 8.81. The highest BCUT2D eigenvalue weighted by molar-refractivity contribution is 5.48. The van der Waals surface area contributed by atoms with Crippen LogP contribution in [0.4, 0.5) is 5.82 Å². The molecule has 1 rings (SSSR count). The van der Waals surface area contributed by atoms with Crippen molar-refractivity contribution in [2.24, 2.45) is 5.84 Å². The Hall–Kier alpha value is -1.80. The summed E-state index contributed by atoms with van der Waals surface area (Å²) in [6.07, 6.45) is 5.73. The van der Waals surface area contributed by atoms with Gasteiger partial charge >= 0.3 is 0 Å². The standard InChI is InChI=1S/C13H20N4O/c1-6-7-8-18-11-9(2)10(17-14)15-12(16-11)13(3,4)5/h1H,7-8,14H2,2-5H3,(H,15,16,17). The summed E-state index contributed by atoms with van der Waals surface area (Å²) in [5.74, 6) is 9.76. The van der Waals surface area contributed by atoms with Crippen LogP contribution in [0.2, 0.25) is 0 Å². The van der Waals surface area contributed by atoms with E-state index >= 15 is 0 Å². The first-order chi connectivity index (χ1) is 8.40. The van der Waals surface area contributed by atoms with Gasteiger partial charge < -0.3 is 10.2 Å². The molecule has 0 unspecified atom stereocenters. The molecule has 1 heterocycles. The van der Waals surface area contributed by atoms with Crippen LogP contribution in [0.3, 0.4) is 0 Å². The number of nitrogens with two attached hydrogens (primary N) is 1. The molecule has 0 aromatic carbocycles. The second kappa shape index (κ2) is 5.69. The lowest BCUT2D eigenvalue weighted by Gasteiger charge is -2.20. The van der Waals surface area contributed by atoms with E-state index in [1.807, 2.05) is 27.7 Å². The Morgan fingerprint density at radius 3 is 2.56 bits per heavy atom. The molecule has 5 heteroatoms. The van der Waals surface area contributed by atoms with Crippen molar-refractivity contribution >= 4 is 5.82 Å². The van der Waals surface area contributed by atoms with Crippen molar-refractivity contribution in [3.05, 3.63) is 11.4 Å². The molecule has 0 bridgehead atoms. The van der Waals surface area contributed by atoms with Crippen LogP contribution in [-0.2, 0) is 5.41 Å². The van der Waals surface area contributed by atoms with E-state index in [0.717, 1.165) is 5.56 Å². The monoisotopic (exact) mass is 248 g/mol. The Kier molecular flexibility index (Phi) is 4.51. The Bertz CT molecular complexity index is 457. The fourth-order valence-electron chi connectivity index (χ4n) is 1.32. The van der Waals surface area contributed by atoms with Crippen LogP contribution < -0.4 is 16.0 Å². The molecule has 0 spiro atoms. The quantitative estimate of drug-likeness (QED) is 0.368. The first-order valence-electron chi connectivity index (χ1n) is 5.82. The van der Waals surface area contributed by atoms with Gasteiger partial charge in [-0.05, 0) is 6.92 Å². The van der Waals surface area contributed by atoms with Gasteiger partial charge in [0.15, 0.2) is 5.82 Å². The van der Waals surface area contributed by atoms with Gasteiger partial charge in [0.25, 0.3) is 0 Å². The van der Waals surface area contributed by atoms with Crippen molar-refractivity contribution in [3.8, 4) is 18.2 Å². The van der Waals surface area contributed by atoms with Gasteiger partial charge in [0.1, 0.15) is 12.4 Å². The number of terminal acetylenes is 1. The molecule has 0 aliphatic rings. The largest absolute Gasteiger partial charge is 0.476 e. The number of hydrogen-bond acceptors (Lipinski definition) is 5. The summed E-state index contributed by atoms with van der Waals surface area (Å²) in [5.41, 5.74) is 3.17. The summed E-state index contributed by atoms with van der Waals surface area (Å²) in [6, 6.07) is 0. The van der Waals surface area contributed by atoms with Crippen molar-refractivity contribution in [1.82, 2.24) is 9.97 Å². The maximum atomic E-state index is 5.57. The third-order valence-corrected chi connectivity index (χ3v) is 2.39. The van der Waals surface area contributed by atoms with E-state index in [4.69, 9.17) is 17.0 Å². The van der Waals surface area contributed by atoms with Gasteiger partial charge in [-0.2, -0.15) is 4.98 Å². The van der Waals surface area contributed by atoms with Gasteiger partial charge in [0.2, 0.25) is 5.88 Å². The Balaban J connectivity index is 3.12. The lowest BCUT2D eigenvalue weighted by Crippen LogP contribution is -2.20. The normalized spacial score (nSPS) is 10.9. The molecule has 98 valence electrons. The van der Waals surface area contributed by atoms with Crippen molar-refractivity contribution in [2.45, 2.75) is 39.5 Å². The lowest BCUT2D eigenvalue weighted by atomic mass is 9.95. The summed E-state index contributed by atoms with van der Waals surface area (Å²) < 4.78 is 5.57. The highest BCUT2D eigenvalue weighted by Gasteiger charge is 2.21. The molecular weight excluding hydrogens is 228 g/mol. The number of rotatable bonds is 4. The van der Waals surface area contributed by atoms with Crippen molar-refractivity contribution in [1.29, 1.82) is 0 Å². The zero-order valence-corrected chi connectivity index (χ0v) is 11.4. The number of nitrogens with one attached hydrogen (secondary N) is 1. The molecule has 3 N–H and O–H groups in total. The van der Waals surface area contributed by atoms with Gasteiger partial charge in [0, 0.05) is 11.8 Å². The Labute approximate surface area is 108 Å². The average molecular weight is 248 g/mol. The second-order valence-corrected chi connectivity index (χ2v) is 5.02. The van der Waals surface area contributed by atoms with Crippen LogP contribution in [0, 0.1) is 19.3 Å². The Morgan fingerprint density at radius 2 is 2.06 bits per heavy atom. The topological polar surface area (TPSA) is 73.1 Å². The predicted molar refractivity (Wildman–Crippen MR) is 72.2 cm³/mol. The molecule has 0 fully saturated rings. The van der Waals surface area contributed by atoms with Crippen LogP contribution in [-0.4, -0.2) is 16.6 Å². The van der Waals surface area contributed by atoms with Gasteiger partial charge in [-0.1, -0.05) is 20.8 Å². The number of hydrazine groups is 1. The van der Waals surface area contributed by atoms with E-state index in [1.165, 1.54) is 0 Å². The molecule has 1 aromatic heterocycles. The van der Waals surface area contributed by atoms with Crippen molar-refractivity contribution in [2.75, 3.05) is 12.0 Å². The van der Waals surface area contributed by atoms with E-state index in [0.29, 0.717) is 30.5 Å². The SMILES string of the molecule is C#CCCOc1nc(C(C)(C)C)nc(NN)c1C. The number of nitrogens with zero attached hydrogens (tertiary/aromatic N) is 2. The smallest absolute Gasteiger partial charge is 0.221 e. The van der Waals surface area contributed by atoms with Crippen molar-refractivity contribution < 1.29 is 4.74 Å². The van der Waals surface area contributed by atoms with Gasteiger partial charge in [0.05, 0.1) is 5.56 Å². The van der Waals surface area contributed by atoms with E-state index in [9.17, 15) is 0 Å². The minimum absolute atomic E-state index is 0.177. The van der Waals surface area contributed by atoms with Gasteiger partial charge in [-0.15, -0.1) is 12.3 Å². The minimum atomic E-state index is -0.177. The maximum Gasteiger partial charge on any atom is 0.221 e. The predicted octanol–water partition coefficient (Wildman–Crippen LogP) is 1.77. The third kappa shape index (κ3) is 3.34. The van der Waals surface area contributed by atoms with Crippen LogP contribution in [0.15, 0.2) is 0 Å². The second-order valence-electron chi connectivity index (χ2n) is 5.02. The number of anilines is 1. The molecule has 0 saturated heterocycles. The molecule has 0 atom stereocenters. The molecule has 0 saturated carbocycles. The molecular formula is C13H20N4O. The number of hydrogen-bond donors (Lipinski definition) is 2. The van der Waals surface area contributed by atoms with Crippen LogP contribution >= 0.6 is 0 Å². The highest BCUT2D eigenvalue weighted by Crippen LogP contribution is 2.27. The molecule has 0 aliphatic carbocycles. The van der Waals surface area contributed by atoms with Crippen molar-refractivity contribution in [3.63, 3.8) is 0 Å². The highest BCUT2D eigenvalue weighted by atomic mass is 16.5. The van der Waals surface area contributed by atoms with Crippen LogP contribution in [0.5, 0.6) is 5.88 Å². The fourth-order valence-corrected chi connectivity index (χ4v) is 1.32. The van der Waals surface area contributed by atoms with Crippen LogP contribution in [0.25, 0.3) is 0 Å². The molecule has 0 aliphatic heterocycles. The summed E-state index contributed by atoms with van der Waals surface area (Å²) in [7, 11) is 0. The number of aromatic nitrogens is 2. The van der Waals surface area contributed by atoms with Crippen LogP contribution in [0.1, 0.15) is 38.6 Å². The lowest BCUT2D eigenvalue weighted by molar-refractivity contribution is 0.308. The minimum Gasteiger partial charge on any atom is -0.476 e. The fraction of sp³-hybridized carbons (Fsp3) is 0.538. The maximum absolute atomic E-state index is 5.57. The van der Waals surface area contributed by atoms with E-state index < -0.39 is 0 Å². The summed E-state index contributed by atoms with van der Waals surface area (Å²) >= 11 is 0. The van der Waals surface area contributed by atoms with Gasteiger partial charge in [-0.3, -0.25) is 0 Å². The molecule has 1 aromatic rings. The molecule has 0 amide bonds. The molecule has 5 nitrogen and oxygen atoms in total. The first kappa shape index (κ1) is 14.3. The third-order valence-electron chi connectivity index (χ3n) is 2.39. The summed E-state index contributed by atoms with van der Waals surface area (Å²) in [5, 5.41) is 0. The zero-order chi connectivity index (χ0) is 13.8. The van der Waals surface area contributed by atoms with E-state index in [1.54, 1.807) is 0 Å². The van der Waals surface area contributed by atoms with Gasteiger partial charge in [-0.25, -0.2) is 10.8 Å². The zero-order valence-electron chi connectivity index (χ0n) is 11.4. The van der Waals surface area contributed by atoms with E-state index in [-0.39, 0.29) is 5.41 Å². The average Bonchev–Trinajstić information content (AvgIpc) is 2.30. The first-order valence-corrected chi connectivity index (χ1v) is 5.82. The summed E-state index contributed by atoms with van der Waals surface area (Å²) in [6.45, 7) is 8.38. The molecule has 0 radical (unpaired) electrons. The number of nitrogen functional groups attached to an aromatic ring is 1.